The van der Waals surface area contributed by atoms with Crippen molar-refractivity contribution in [1.82, 2.24) is 14.9 Å². The summed E-state index contributed by atoms with van der Waals surface area (Å²) in [7, 11) is 2.04. The van der Waals surface area contributed by atoms with Gasteiger partial charge in [-0.2, -0.15) is 0 Å². The van der Waals surface area contributed by atoms with Crippen LogP contribution in [0.5, 0.6) is 0 Å². The minimum Gasteiger partial charge on any atom is -0.329 e. The van der Waals surface area contributed by atoms with Crippen LogP contribution in [0.15, 0.2) is 18.6 Å². The van der Waals surface area contributed by atoms with Crippen molar-refractivity contribution < 1.29 is 0 Å². The first-order valence-corrected chi connectivity index (χ1v) is 4.45. The van der Waals surface area contributed by atoms with Crippen LogP contribution in [0.2, 0.25) is 0 Å². The Bertz CT molecular complexity index is 237. The zero-order valence-electron chi connectivity index (χ0n) is 8.14. The number of rotatable bonds is 4. The van der Waals surface area contributed by atoms with Crippen LogP contribution >= 0.6 is 0 Å². The zero-order chi connectivity index (χ0) is 9.68. The molecule has 0 saturated heterocycles. The molecule has 0 aliphatic rings. The number of nitrogens with zero attached hydrogens (tertiary/aromatic N) is 3. The lowest BCUT2D eigenvalue weighted by atomic mass is 10.2. The first kappa shape index (κ1) is 10.1. The summed E-state index contributed by atoms with van der Waals surface area (Å²) in [6.07, 6.45) is 3.30. The van der Waals surface area contributed by atoms with Gasteiger partial charge in [-0.05, 0) is 19.7 Å². The molecule has 1 aromatic heterocycles. The van der Waals surface area contributed by atoms with Gasteiger partial charge < -0.3 is 5.73 Å². The lowest BCUT2D eigenvalue weighted by Crippen LogP contribution is -2.30. The molecule has 13 heavy (non-hydrogen) atoms. The van der Waals surface area contributed by atoms with E-state index in [0.29, 0.717) is 6.54 Å². The highest BCUT2D eigenvalue weighted by molar-refractivity contribution is 5.05. The van der Waals surface area contributed by atoms with Gasteiger partial charge in [-0.25, -0.2) is 9.97 Å². The second kappa shape index (κ2) is 4.89. The summed E-state index contributed by atoms with van der Waals surface area (Å²) in [5.41, 5.74) is 6.67. The largest absolute Gasteiger partial charge is 0.329 e. The maximum absolute atomic E-state index is 5.68. The predicted molar refractivity (Wildman–Crippen MR) is 52.1 cm³/mol. The first-order valence-electron chi connectivity index (χ1n) is 4.45. The van der Waals surface area contributed by atoms with Gasteiger partial charge in [-0.1, -0.05) is 6.92 Å². The molecular formula is C9H16N4. The predicted octanol–water partition coefficient (Wildman–Crippen LogP) is 0.428. The van der Waals surface area contributed by atoms with Gasteiger partial charge in [0.05, 0.1) is 11.7 Å². The Morgan fingerprint density at radius 3 is 2.85 bits per heavy atom. The van der Waals surface area contributed by atoms with Gasteiger partial charge in [0.15, 0.2) is 0 Å². The lowest BCUT2D eigenvalue weighted by Gasteiger charge is -2.24. The minimum atomic E-state index is 0.202. The summed E-state index contributed by atoms with van der Waals surface area (Å²) >= 11 is 0. The quantitative estimate of drug-likeness (QED) is 0.730. The molecule has 0 aliphatic heterocycles. The van der Waals surface area contributed by atoms with Crippen molar-refractivity contribution in [3.63, 3.8) is 0 Å². The fraction of sp³-hybridized carbons (Fsp3) is 0.556. The Kier molecular flexibility index (Phi) is 3.79. The molecule has 1 rings (SSSR count). The standard InChI is InChI=1S/C9H16N4/c1-3-13(2)9(6-10)8-4-5-11-7-12-8/h4-5,7,9H,3,6,10H2,1-2H3. The molecule has 0 radical (unpaired) electrons. The molecule has 4 nitrogen and oxygen atoms in total. The van der Waals surface area contributed by atoms with Crippen LogP contribution in [0.3, 0.4) is 0 Å². The van der Waals surface area contributed by atoms with Crippen LogP contribution in [-0.4, -0.2) is 35.0 Å². The van der Waals surface area contributed by atoms with E-state index in [1.807, 2.05) is 13.1 Å². The summed E-state index contributed by atoms with van der Waals surface area (Å²) < 4.78 is 0. The van der Waals surface area contributed by atoms with E-state index in [9.17, 15) is 0 Å². The molecule has 0 aromatic carbocycles. The maximum Gasteiger partial charge on any atom is 0.115 e. The number of likely N-dealkylation sites (N-methyl/N-ethyl adjacent to an activating group) is 1. The molecule has 1 aromatic rings. The maximum atomic E-state index is 5.68. The van der Waals surface area contributed by atoms with Crippen LogP contribution in [-0.2, 0) is 0 Å². The Hall–Kier alpha value is -1.00. The molecule has 0 aliphatic carbocycles. The zero-order valence-corrected chi connectivity index (χ0v) is 8.14. The normalized spacial score (nSPS) is 13.2. The highest BCUT2D eigenvalue weighted by atomic mass is 15.1. The topological polar surface area (TPSA) is 55.0 Å². The third kappa shape index (κ3) is 2.47. The van der Waals surface area contributed by atoms with Gasteiger partial charge in [0, 0.05) is 12.7 Å². The average molecular weight is 180 g/mol. The molecule has 0 saturated carbocycles. The summed E-state index contributed by atoms with van der Waals surface area (Å²) in [6.45, 7) is 3.65. The Morgan fingerprint density at radius 1 is 1.62 bits per heavy atom. The molecule has 0 fully saturated rings. The molecule has 4 heteroatoms. The molecule has 1 heterocycles. The molecule has 0 spiro atoms. The average Bonchev–Trinajstić information content (AvgIpc) is 2.20. The van der Waals surface area contributed by atoms with E-state index < -0.39 is 0 Å². The van der Waals surface area contributed by atoms with Crippen LogP contribution < -0.4 is 5.73 Å². The molecule has 72 valence electrons. The van der Waals surface area contributed by atoms with Gasteiger partial charge in [0.1, 0.15) is 6.33 Å². The van der Waals surface area contributed by atoms with Gasteiger partial charge in [-0.15, -0.1) is 0 Å². The Balaban J connectivity index is 2.78. The number of hydrogen-bond donors (Lipinski definition) is 1. The summed E-state index contributed by atoms with van der Waals surface area (Å²) in [6, 6.07) is 2.11. The second-order valence-corrected chi connectivity index (χ2v) is 2.96. The van der Waals surface area contributed by atoms with Gasteiger partial charge in [-0.3, -0.25) is 4.90 Å². The van der Waals surface area contributed by atoms with E-state index in [1.165, 1.54) is 0 Å². The third-order valence-electron chi connectivity index (χ3n) is 2.20. The van der Waals surface area contributed by atoms with Crippen molar-refractivity contribution in [2.45, 2.75) is 13.0 Å². The Labute approximate surface area is 78.8 Å². The van der Waals surface area contributed by atoms with Gasteiger partial charge in [0.25, 0.3) is 0 Å². The lowest BCUT2D eigenvalue weighted by molar-refractivity contribution is 0.258. The van der Waals surface area contributed by atoms with Gasteiger partial charge in [0.2, 0.25) is 0 Å². The van der Waals surface area contributed by atoms with Crippen LogP contribution in [0, 0.1) is 0 Å². The molecule has 0 amide bonds. The van der Waals surface area contributed by atoms with E-state index in [0.717, 1.165) is 12.2 Å². The number of nitrogens with two attached hydrogens (primary N) is 1. The summed E-state index contributed by atoms with van der Waals surface area (Å²) in [4.78, 5) is 10.2. The summed E-state index contributed by atoms with van der Waals surface area (Å²) in [5, 5.41) is 0. The van der Waals surface area contributed by atoms with Crippen LogP contribution in [0.1, 0.15) is 18.7 Å². The first-order chi connectivity index (χ1) is 6.29. The van der Waals surface area contributed by atoms with E-state index in [1.54, 1.807) is 12.5 Å². The van der Waals surface area contributed by atoms with E-state index in [-0.39, 0.29) is 6.04 Å². The molecule has 1 unspecified atom stereocenters. The van der Waals surface area contributed by atoms with Crippen molar-refractivity contribution in [2.24, 2.45) is 5.73 Å². The Morgan fingerprint density at radius 2 is 2.38 bits per heavy atom. The van der Waals surface area contributed by atoms with Crippen molar-refractivity contribution in [3.8, 4) is 0 Å². The number of hydrogen-bond acceptors (Lipinski definition) is 4. The summed E-state index contributed by atoms with van der Waals surface area (Å²) in [5.74, 6) is 0. The van der Waals surface area contributed by atoms with E-state index in [4.69, 9.17) is 5.73 Å². The van der Waals surface area contributed by atoms with E-state index >= 15 is 0 Å². The fourth-order valence-electron chi connectivity index (χ4n) is 1.24. The van der Waals surface area contributed by atoms with E-state index in [2.05, 4.69) is 21.8 Å². The third-order valence-corrected chi connectivity index (χ3v) is 2.20. The molecule has 0 bridgehead atoms. The van der Waals surface area contributed by atoms with Crippen molar-refractivity contribution in [3.05, 3.63) is 24.3 Å². The smallest absolute Gasteiger partial charge is 0.115 e. The number of aromatic nitrogens is 2. The highest BCUT2D eigenvalue weighted by Gasteiger charge is 2.14. The monoisotopic (exact) mass is 180 g/mol. The fourth-order valence-corrected chi connectivity index (χ4v) is 1.24. The van der Waals surface area contributed by atoms with Crippen molar-refractivity contribution >= 4 is 0 Å². The van der Waals surface area contributed by atoms with Crippen LogP contribution in [0.25, 0.3) is 0 Å². The van der Waals surface area contributed by atoms with Gasteiger partial charge >= 0.3 is 0 Å². The molecule has 1 atom stereocenters. The SMILES string of the molecule is CCN(C)C(CN)c1ccncn1. The van der Waals surface area contributed by atoms with Crippen LogP contribution in [0.4, 0.5) is 0 Å². The minimum absolute atomic E-state index is 0.202. The molecule has 2 N–H and O–H groups in total. The van der Waals surface area contributed by atoms with Crippen molar-refractivity contribution in [2.75, 3.05) is 20.1 Å². The highest BCUT2D eigenvalue weighted by Crippen LogP contribution is 2.13. The second-order valence-electron chi connectivity index (χ2n) is 2.96. The molecular weight excluding hydrogens is 164 g/mol. The van der Waals surface area contributed by atoms with Crippen molar-refractivity contribution in [1.29, 1.82) is 0 Å².